The van der Waals surface area contributed by atoms with Crippen molar-refractivity contribution in [2.45, 2.75) is 11.5 Å². The summed E-state index contributed by atoms with van der Waals surface area (Å²) >= 11 is 0.941. The lowest BCUT2D eigenvalue weighted by Gasteiger charge is -2.08. The third-order valence-corrected chi connectivity index (χ3v) is 5.41. The molecule has 0 radical (unpaired) electrons. The molecule has 0 saturated carbocycles. The summed E-state index contributed by atoms with van der Waals surface area (Å²) in [5.41, 5.74) is 0.791. The first-order valence-corrected chi connectivity index (χ1v) is 9.15. The number of rotatable bonds is 7. The highest BCUT2D eigenvalue weighted by Crippen LogP contribution is 2.22. The van der Waals surface area contributed by atoms with Gasteiger partial charge in [0.1, 0.15) is 22.9 Å². The Morgan fingerprint density at radius 1 is 1.17 bits per heavy atom. The zero-order chi connectivity index (χ0) is 17.6. The first-order valence-electron chi connectivity index (χ1n) is 6.79. The van der Waals surface area contributed by atoms with Crippen molar-refractivity contribution in [1.29, 1.82) is 0 Å². The fraction of sp³-hybridized carbons (Fsp3) is 0.200. The fourth-order valence-electron chi connectivity index (χ4n) is 1.77. The summed E-state index contributed by atoms with van der Waals surface area (Å²) < 4.78 is 36.0. The minimum absolute atomic E-state index is 0.0489. The van der Waals surface area contributed by atoms with E-state index in [1.807, 2.05) is 6.07 Å². The SMILES string of the molecule is COC(=O)c1sccc1S(=O)(=O)NCC(=O)OCc1ccccc1. The molecule has 0 aliphatic carbocycles. The average molecular weight is 369 g/mol. The number of nitrogens with one attached hydrogen (secondary N) is 1. The fourth-order valence-corrected chi connectivity index (χ4v) is 4.07. The number of sulfonamides is 1. The number of esters is 2. The van der Waals surface area contributed by atoms with Gasteiger partial charge >= 0.3 is 11.9 Å². The van der Waals surface area contributed by atoms with Crippen LogP contribution in [0.1, 0.15) is 15.2 Å². The summed E-state index contributed by atoms with van der Waals surface area (Å²) in [5.74, 6) is -1.48. The predicted octanol–water partition coefficient (Wildman–Crippen LogP) is 1.56. The van der Waals surface area contributed by atoms with Crippen LogP contribution < -0.4 is 4.72 Å². The second-order valence-electron chi connectivity index (χ2n) is 4.58. The molecule has 128 valence electrons. The Balaban J connectivity index is 1.94. The van der Waals surface area contributed by atoms with E-state index in [9.17, 15) is 18.0 Å². The lowest BCUT2D eigenvalue weighted by atomic mass is 10.2. The molecule has 1 N–H and O–H groups in total. The van der Waals surface area contributed by atoms with Gasteiger partial charge < -0.3 is 9.47 Å². The third kappa shape index (κ3) is 4.63. The number of thiophene rings is 1. The van der Waals surface area contributed by atoms with Crippen LogP contribution in [0.25, 0.3) is 0 Å². The van der Waals surface area contributed by atoms with Gasteiger partial charge in [0.25, 0.3) is 0 Å². The van der Waals surface area contributed by atoms with E-state index in [4.69, 9.17) is 4.74 Å². The number of methoxy groups -OCH3 is 1. The molecule has 1 aromatic carbocycles. The quantitative estimate of drug-likeness (QED) is 0.744. The first-order chi connectivity index (χ1) is 11.4. The number of ether oxygens (including phenoxy) is 2. The third-order valence-electron chi connectivity index (χ3n) is 2.94. The molecule has 0 amide bonds. The van der Waals surface area contributed by atoms with Crippen LogP contribution in [0.5, 0.6) is 0 Å². The lowest BCUT2D eigenvalue weighted by Crippen LogP contribution is -2.31. The van der Waals surface area contributed by atoms with Crippen molar-refractivity contribution in [2.24, 2.45) is 0 Å². The van der Waals surface area contributed by atoms with Crippen LogP contribution in [-0.4, -0.2) is 34.0 Å². The Hall–Kier alpha value is -2.23. The molecule has 24 heavy (non-hydrogen) atoms. The van der Waals surface area contributed by atoms with Gasteiger partial charge in [-0.2, -0.15) is 4.72 Å². The monoisotopic (exact) mass is 369 g/mol. The minimum Gasteiger partial charge on any atom is -0.465 e. The Kier molecular flexibility index (Phi) is 6.07. The van der Waals surface area contributed by atoms with Crippen LogP contribution in [0, 0.1) is 0 Å². The highest BCUT2D eigenvalue weighted by atomic mass is 32.2. The van der Waals surface area contributed by atoms with Crippen molar-refractivity contribution in [3.8, 4) is 0 Å². The van der Waals surface area contributed by atoms with E-state index in [0.717, 1.165) is 24.0 Å². The zero-order valence-corrected chi connectivity index (χ0v) is 14.4. The minimum atomic E-state index is -4.02. The van der Waals surface area contributed by atoms with Gasteiger partial charge in [-0.05, 0) is 17.0 Å². The Morgan fingerprint density at radius 2 is 1.88 bits per heavy atom. The van der Waals surface area contributed by atoms with E-state index in [1.165, 1.54) is 11.4 Å². The van der Waals surface area contributed by atoms with Crippen LogP contribution in [0.3, 0.4) is 0 Å². The molecule has 0 saturated heterocycles. The molecule has 0 unspecified atom stereocenters. The van der Waals surface area contributed by atoms with Gasteiger partial charge in [0, 0.05) is 0 Å². The average Bonchev–Trinajstić information content (AvgIpc) is 3.09. The molecule has 9 heteroatoms. The van der Waals surface area contributed by atoms with Crippen LogP contribution >= 0.6 is 11.3 Å². The number of carbonyl (C=O) groups is 2. The number of carbonyl (C=O) groups excluding carboxylic acids is 2. The second-order valence-corrected chi connectivity index (χ2v) is 7.23. The van der Waals surface area contributed by atoms with Crippen LogP contribution in [0.2, 0.25) is 0 Å². The van der Waals surface area contributed by atoms with Gasteiger partial charge in [-0.25, -0.2) is 13.2 Å². The Labute approximate surface area is 143 Å². The van der Waals surface area contributed by atoms with Crippen molar-refractivity contribution in [3.05, 3.63) is 52.2 Å². The van der Waals surface area contributed by atoms with E-state index >= 15 is 0 Å². The van der Waals surface area contributed by atoms with Gasteiger partial charge in [0.15, 0.2) is 0 Å². The van der Waals surface area contributed by atoms with Crippen LogP contribution in [-0.2, 0) is 30.9 Å². The van der Waals surface area contributed by atoms with Gasteiger partial charge in [0.2, 0.25) is 10.0 Å². The van der Waals surface area contributed by atoms with Gasteiger partial charge in [-0.3, -0.25) is 4.79 Å². The molecule has 1 aromatic heterocycles. The molecular formula is C15H15NO6S2. The maximum atomic E-state index is 12.2. The molecule has 0 aliphatic heterocycles. The van der Waals surface area contributed by atoms with E-state index < -0.39 is 28.5 Å². The molecule has 0 bridgehead atoms. The van der Waals surface area contributed by atoms with Crippen molar-refractivity contribution < 1.29 is 27.5 Å². The standard InChI is InChI=1S/C15H15NO6S2/c1-21-15(18)14-12(7-8-23-14)24(19,20)16-9-13(17)22-10-11-5-3-2-4-6-11/h2-8,16H,9-10H2,1H3. The number of benzene rings is 1. The number of hydrogen-bond donors (Lipinski definition) is 1. The molecule has 7 nitrogen and oxygen atoms in total. The summed E-state index contributed by atoms with van der Waals surface area (Å²) in [7, 11) is -2.86. The summed E-state index contributed by atoms with van der Waals surface area (Å²) in [5, 5.41) is 1.45. The first kappa shape index (κ1) is 18.1. The molecule has 0 spiro atoms. The van der Waals surface area contributed by atoms with Crippen molar-refractivity contribution >= 4 is 33.3 Å². The number of hydrogen-bond acceptors (Lipinski definition) is 7. The van der Waals surface area contributed by atoms with E-state index in [0.29, 0.717) is 0 Å². The highest BCUT2D eigenvalue weighted by molar-refractivity contribution is 7.89. The summed E-state index contributed by atoms with van der Waals surface area (Å²) in [6.07, 6.45) is 0. The van der Waals surface area contributed by atoms with Crippen LogP contribution in [0.15, 0.2) is 46.7 Å². The molecule has 0 fully saturated rings. The maximum absolute atomic E-state index is 12.2. The molecule has 0 atom stereocenters. The van der Waals surface area contributed by atoms with Gasteiger partial charge in [-0.15, -0.1) is 11.3 Å². The predicted molar refractivity (Wildman–Crippen MR) is 87.1 cm³/mol. The maximum Gasteiger partial charge on any atom is 0.349 e. The zero-order valence-electron chi connectivity index (χ0n) is 12.7. The van der Waals surface area contributed by atoms with E-state index in [-0.39, 0.29) is 16.4 Å². The van der Waals surface area contributed by atoms with Gasteiger partial charge in [-0.1, -0.05) is 30.3 Å². The van der Waals surface area contributed by atoms with Crippen LogP contribution in [0.4, 0.5) is 0 Å². The highest BCUT2D eigenvalue weighted by Gasteiger charge is 2.25. The molecule has 2 aromatic rings. The van der Waals surface area contributed by atoms with Crippen molar-refractivity contribution in [3.63, 3.8) is 0 Å². The summed E-state index contributed by atoms with van der Waals surface area (Å²) in [6, 6.07) is 10.3. The largest absolute Gasteiger partial charge is 0.465 e. The lowest BCUT2D eigenvalue weighted by molar-refractivity contribution is -0.143. The summed E-state index contributed by atoms with van der Waals surface area (Å²) in [6.45, 7) is -0.487. The summed E-state index contributed by atoms with van der Waals surface area (Å²) in [4.78, 5) is 22.9. The second kappa shape index (κ2) is 8.04. The van der Waals surface area contributed by atoms with Gasteiger partial charge in [0.05, 0.1) is 7.11 Å². The topological polar surface area (TPSA) is 98.8 Å². The Bertz CT molecular complexity index is 813. The smallest absolute Gasteiger partial charge is 0.349 e. The molecular weight excluding hydrogens is 354 g/mol. The van der Waals surface area contributed by atoms with Crippen molar-refractivity contribution in [1.82, 2.24) is 4.72 Å². The molecule has 0 aliphatic rings. The Morgan fingerprint density at radius 3 is 2.54 bits per heavy atom. The molecule has 2 rings (SSSR count). The van der Waals surface area contributed by atoms with E-state index in [2.05, 4.69) is 9.46 Å². The normalized spacial score (nSPS) is 11.0. The molecule has 1 heterocycles. The van der Waals surface area contributed by atoms with E-state index in [1.54, 1.807) is 24.3 Å². The van der Waals surface area contributed by atoms with Crippen molar-refractivity contribution in [2.75, 3.05) is 13.7 Å².